The molecule has 2 N–H and O–H groups in total. The largest absolute Gasteiger partial charge is 0.497 e. The van der Waals surface area contributed by atoms with Crippen LogP contribution in [-0.2, 0) is 0 Å². The van der Waals surface area contributed by atoms with Gasteiger partial charge < -0.3 is 20.1 Å². The van der Waals surface area contributed by atoms with Gasteiger partial charge >= 0.3 is 6.03 Å². The third-order valence-electron chi connectivity index (χ3n) is 3.01. The molecule has 0 fully saturated rings. The van der Waals surface area contributed by atoms with E-state index in [-0.39, 0.29) is 6.03 Å². The number of carbonyl (C=O) groups is 1. The fraction of sp³-hybridized carbons (Fsp3) is 0.167. The van der Waals surface area contributed by atoms with Gasteiger partial charge in [-0.15, -0.1) is 0 Å². The summed E-state index contributed by atoms with van der Waals surface area (Å²) in [5, 5.41) is 5.35. The van der Waals surface area contributed by atoms with Crippen LogP contribution in [0.25, 0.3) is 6.08 Å². The minimum atomic E-state index is -0.268. The molecule has 0 heterocycles. The first-order chi connectivity index (χ1) is 11.3. The lowest BCUT2D eigenvalue weighted by Gasteiger charge is -2.08. The van der Waals surface area contributed by atoms with E-state index in [2.05, 4.69) is 10.6 Å². The lowest BCUT2D eigenvalue weighted by Crippen LogP contribution is -2.34. The smallest absolute Gasteiger partial charge is 0.318 e. The van der Waals surface area contributed by atoms with Crippen LogP contribution >= 0.6 is 0 Å². The van der Waals surface area contributed by atoms with Crippen LogP contribution in [0.5, 0.6) is 11.5 Å². The average molecular weight is 312 g/mol. The third-order valence-corrected chi connectivity index (χ3v) is 3.01. The van der Waals surface area contributed by atoms with E-state index < -0.39 is 0 Å². The van der Waals surface area contributed by atoms with Crippen molar-refractivity contribution >= 4 is 12.1 Å². The molecule has 2 aromatic rings. The minimum absolute atomic E-state index is 0.268. The monoisotopic (exact) mass is 312 g/mol. The summed E-state index contributed by atoms with van der Waals surface area (Å²) in [6.45, 7) is 0.805. The van der Waals surface area contributed by atoms with E-state index in [4.69, 9.17) is 9.47 Å². The van der Waals surface area contributed by atoms with Crippen molar-refractivity contribution in [3.05, 3.63) is 66.4 Å². The highest BCUT2D eigenvalue weighted by atomic mass is 16.5. The second-order valence-corrected chi connectivity index (χ2v) is 4.67. The third kappa shape index (κ3) is 6.13. The Hall–Kier alpha value is -2.95. The molecule has 2 amide bonds. The van der Waals surface area contributed by atoms with Gasteiger partial charge in [-0.05, 0) is 35.9 Å². The number of methoxy groups -OCH3 is 1. The average Bonchev–Trinajstić information content (AvgIpc) is 2.60. The van der Waals surface area contributed by atoms with Crippen molar-refractivity contribution in [2.24, 2.45) is 0 Å². The zero-order valence-corrected chi connectivity index (χ0v) is 13.0. The van der Waals surface area contributed by atoms with Crippen molar-refractivity contribution in [1.82, 2.24) is 10.6 Å². The van der Waals surface area contributed by atoms with Crippen LogP contribution in [0.2, 0.25) is 0 Å². The Morgan fingerprint density at radius 3 is 2.43 bits per heavy atom. The van der Waals surface area contributed by atoms with Gasteiger partial charge in [0.05, 0.1) is 13.7 Å². The first-order valence-electron chi connectivity index (χ1n) is 7.31. The summed E-state index contributed by atoms with van der Waals surface area (Å²) >= 11 is 0. The zero-order chi connectivity index (χ0) is 16.3. The molecule has 0 unspecified atom stereocenters. The van der Waals surface area contributed by atoms with Gasteiger partial charge in [0.1, 0.15) is 18.1 Å². The summed E-state index contributed by atoms with van der Waals surface area (Å²) < 4.78 is 10.6. The van der Waals surface area contributed by atoms with Crippen molar-refractivity contribution in [1.29, 1.82) is 0 Å². The number of ether oxygens (including phenoxy) is 2. The summed E-state index contributed by atoms with van der Waals surface area (Å²) in [7, 11) is 1.62. The Morgan fingerprint density at radius 1 is 1.04 bits per heavy atom. The molecule has 0 aliphatic heterocycles. The normalized spacial score (nSPS) is 10.3. The zero-order valence-electron chi connectivity index (χ0n) is 13.0. The van der Waals surface area contributed by atoms with Crippen molar-refractivity contribution in [3.63, 3.8) is 0 Å². The van der Waals surface area contributed by atoms with Gasteiger partial charge in [-0.3, -0.25) is 0 Å². The molecule has 5 nitrogen and oxygen atoms in total. The summed E-state index contributed by atoms with van der Waals surface area (Å²) in [6.07, 6.45) is 3.43. The lowest BCUT2D eigenvalue weighted by atomic mass is 10.2. The molecule has 0 saturated carbocycles. The Balaban J connectivity index is 1.62. The molecule has 0 saturated heterocycles. The molecular weight excluding hydrogens is 292 g/mol. The van der Waals surface area contributed by atoms with Gasteiger partial charge in [-0.1, -0.05) is 30.3 Å². The highest BCUT2D eigenvalue weighted by molar-refractivity contribution is 5.75. The van der Waals surface area contributed by atoms with Gasteiger partial charge in [0.15, 0.2) is 0 Å². The molecule has 2 rings (SSSR count). The highest BCUT2D eigenvalue weighted by Crippen LogP contribution is 2.16. The van der Waals surface area contributed by atoms with Crippen LogP contribution in [0.4, 0.5) is 4.79 Å². The maximum atomic E-state index is 11.6. The van der Waals surface area contributed by atoms with E-state index in [0.29, 0.717) is 13.2 Å². The molecule has 23 heavy (non-hydrogen) atoms. The molecule has 120 valence electrons. The highest BCUT2D eigenvalue weighted by Gasteiger charge is 1.98. The van der Waals surface area contributed by atoms with Gasteiger partial charge in [0, 0.05) is 6.20 Å². The maximum Gasteiger partial charge on any atom is 0.318 e. The first-order valence-corrected chi connectivity index (χ1v) is 7.31. The van der Waals surface area contributed by atoms with Crippen molar-refractivity contribution < 1.29 is 14.3 Å². The fourth-order valence-corrected chi connectivity index (χ4v) is 1.83. The fourth-order valence-electron chi connectivity index (χ4n) is 1.83. The Kier molecular flexibility index (Phi) is 6.53. The van der Waals surface area contributed by atoms with Crippen LogP contribution < -0.4 is 20.1 Å². The van der Waals surface area contributed by atoms with Gasteiger partial charge in [0.2, 0.25) is 0 Å². The van der Waals surface area contributed by atoms with Crippen molar-refractivity contribution in [3.8, 4) is 11.5 Å². The predicted molar refractivity (Wildman–Crippen MR) is 90.5 cm³/mol. The number of rotatable bonds is 7. The van der Waals surface area contributed by atoms with Gasteiger partial charge in [0.25, 0.3) is 0 Å². The first kappa shape index (κ1) is 16.4. The van der Waals surface area contributed by atoms with Crippen LogP contribution in [0.3, 0.4) is 0 Å². The van der Waals surface area contributed by atoms with Crippen LogP contribution in [0.15, 0.2) is 60.8 Å². The quantitative estimate of drug-likeness (QED) is 0.773. The van der Waals surface area contributed by atoms with Gasteiger partial charge in [-0.2, -0.15) is 0 Å². The Morgan fingerprint density at radius 2 is 1.74 bits per heavy atom. The minimum Gasteiger partial charge on any atom is -0.497 e. The number of hydrogen-bond acceptors (Lipinski definition) is 3. The summed E-state index contributed by atoms with van der Waals surface area (Å²) in [5.74, 6) is 1.51. The summed E-state index contributed by atoms with van der Waals surface area (Å²) in [6, 6.07) is 16.8. The molecular formula is C18H20N2O3. The Bertz CT molecular complexity index is 624. The SMILES string of the molecule is COc1ccc(OCCNC(=O)N/C=C/c2ccccc2)cc1. The number of carbonyl (C=O) groups excluding carboxylic acids is 1. The van der Waals surface area contributed by atoms with E-state index in [1.807, 2.05) is 60.7 Å². The summed E-state index contributed by atoms with van der Waals surface area (Å²) in [4.78, 5) is 11.6. The molecule has 0 radical (unpaired) electrons. The van der Waals surface area contributed by atoms with Crippen molar-refractivity contribution in [2.75, 3.05) is 20.3 Å². The lowest BCUT2D eigenvalue weighted by molar-refractivity contribution is 0.239. The molecule has 0 aliphatic carbocycles. The second kappa shape index (κ2) is 9.15. The van der Waals surface area contributed by atoms with Crippen LogP contribution in [-0.4, -0.2) is 26.3 Å². The van der Waals surface area contributed by atoms with E-state index in [9.17, 15) is 4.79 Å². The molecule has 0 bridgehead atoms. The van der Waals surface area contributed by atoms with E-state index in [1.165, 1.54) is 0 Å². The summed E-state index contributed by atoms with van der Waals surface area (Å²) in [5.41, 5.74) is 1.02. The number of urea groups is 1. The predicted octanol–water partition coefficient (Wildman–Crippen LogP) is 3.04. The van der Waals surface area contributed by atoms with Crippen LogP contribution in [0, 0.1) is 0 Å². The maximum absolute atomic E-state index is 11.6. The standard InChI is InChI=1S/C18H20N2O3/c1-22-16-7-9-17(10-8-16)23-14-13-20-18(21)19-12-11-15-5-3-2-4-6-15/h2-12H,13-14H2,1H3,(H2,19,20,21)/b12-11+. The molecule has 0 atom stereocenters. The molecule has 5 heteroatoms. The molecule has 0 aromatic heterocycles. The van der Waals surface area contributed by atoms with E-state index in [0.717, 1.165) is 17.1 Å². The second-order valence-electron chi connectivity index (χ2n) is 4.67. The number of amides is 2. The van der Waals surface area contributed by atoms with E-state index >= 15 is 0 Å². The van der Waals surface area contributed by atoms with Gasteiger partial charge in [-0.25, -0.2) is 4.79 Å². The molecule has 0 aliphatic rings. The number of benzene rings is 2. The number of hydrogen-bond donors (Lipinski definition) is 2. The number of nitrogens with one attached hydrogen (secondary N) is 2. The Labute approximate surface area is 135 Å². The van der Waals surface area contributed by atoms with Crippen LogP contribution in [0.1, 0.15) is 5.56 Å². The molecule has 0 spiro atoms. The van der Waals surface area contributed by atoms with E-state index in [1.54, 1.807) is 13.3 Å². The topological polar surface area (TPSA) is 59.6 Å². The molecule has 2 aromatic carbocycles. The van der Waals surface area contributed by atoms with Crippen molar-refractivity contribution in [2.45, 2.75) is 0 Å².